The standard InChI is InChI=1S/C18H21N3O4S/c1-12-8-10-15(11-9-12)21(26(4,24)25)18(23)20-17(22)19-16-7-5-6-13(2)14(16)3/h5-11H,1-4H3,(H2,19,20,22,23). The smallest absolute Gasteiger partial charge is 0.307 e. The van der Waals surface area contributed by atoms with E-state index < -0.39 is 22.1 Å². The summed E-state index contributed by atoms with van der Waals surface area (Å²) in [5, 5.41) is 4.61. The Hall–Kier alpha value is -2.87. The Morgan fingerprint density at radius 1 is 0.962 bits per heavy atom. The van der Waals surface area contributed by atoms with Crippen LogP contribution < -0.4 is 14.9 Å². The fourth-order valence-corrected chi connectivity index (χ4v) is 3.18. The molecule has 0 aliphatic rings. The Kier molecular flexibility index (Phi) is 5.66. The summed E-state index contributed by atoms with van der Waals surface area (Å²) in [6.45, 7) is 5.57. The van der Waals surface area contributed by atoms with Gasteiger partial charge in [0, 0.05) is 5.69 Å². The zero-order chi connectivity index (χ0) is 19.5. The third kappa shape index (κ3) is 4.60. The second-order valence-corrected chi connectivity index (χ2v) is 7.83. The van der Waals surface area contributed by atoms with Gasteiger partial charge in [-0.25, -0.2) is 18.0 Å². The number of amides is 4. The molecule has 0 saturated heterocycles. The lowest BCUT2D eigenvalue weighted by molar-refractivity contribution is 0.238. The van der Waals surface area contributed by atoms with Gasteiger partial charge in [0.25, 0.3) is 0 Å². The number of anilines is 2. The van der Waals surface area contributed by atoms with Gasteiger partial charge in [0.2, 0.25) is 10.0 Å². The van der Waals surface area contributed by atoms with Crippen molar-refractivity contribution in [1.82, 2.24) is 5.32 Å². The Bertz CT molecular complexity index is 937. The normalized spacial score (nSPS) is 10.9. The number of imide groups is 1. The van der Waals surface area contributed by atoms with Gasteiger partial charge in [-0.15, -0.1) is 0 Å². The van der Waals surface area contributed by atoms with Crippen LogP contribution in [0.2, 0.25) is 0 Å². The predicted octanol–water partition coefficient (Wildman–Crippen LogP) is 3.32. The van der Waals surface area contributed by atoms with E-state index in [1.807, 2.05) is 26.8 Å². The summed E-state index contributed by atoms with van der Waals surface area (Å²) in [5.74, 6) is 0. The molecule has 138 valence electrons. The molecule has 7 nitrogen and oxygen atoms in total. The van der Waals surface area contributed by atoms with E-state index in [1.165, 1.54) is 12.1 Å². The van der Waals surface area contributed by atoms with E-state index in [4.69, 9.17) is 0 Å². The summed E-state index contributed by atoms with van der Waals surface area (Å²) in [5.41, 5.74) is 3.43. The number of carbonyl (C=O) groups excluding carboxylic acids is 2. The summed E-state index contributed by atoms with van der Waals surface area (Å²) in [6, 6.07) is 9.84. The highest BCUT2D eigenvalue weighted by atomic mass is 32.2. The molecule has 0 fully saturated rings. The number of carbonyl (C=O) groups is 2. The largest absolute Gasteiger partial charge is 0.343 e. The lowest BCUT2D eigenvalue weighted by Gasteiger charge is -2.21. The number of aryl methyl sites for hydroxylation is 2. The molecular formula is C18H21N3O4S. The molecule has 26 heavy (non-hydrogen) atoms. The van der Waals surface area contributed by atoms with E-state index in [9.17, 15) is 18.0 Å². The first-order valence-corrected chi connectivity index (χ1v) is 9.69. The number of nitrogens with one attached hydrogen (secondary N) is 2. The molecule has 0 aliphatic carbocycles. The molecule has 0 radical (unpaired) electrons. The van der Waals surface area contributed by atoms with Crippen LogP contribution in [0.4, 0.5) is 21.0 Å². The topological polar surface area (TPSA) is 95.6 Å². The van der Waals surface area contributed by atoms with Crippen molar-refractivity contribution in [3.63, 3.8) is 0 Å². The van der Waals surface area contributed by atoms with Crippen molar-refractivity contribution in [2.45, 2.75) is 20.8 Å². The van der Waals surface area contributed by atoms with Gasteiger partial charge < -0.3 is 5.32 Å². The van der Waals surface area contributed by atoms with Crippen molar-refractivity contribution in [3.05, 3.63) is 59.2 Å². The molecule has 0 unspecified atom stereocenters. The third-order valence-electron chi connectivity index (χ3n) is 3.86. The van der Waals surface area contributed by atoms with E-state index in [1.54, 1.807) is 24.3 Å². The van der Waals surface area contributed by atoms with Crippen LogP contribution in [0, 0.1) is 20.8 Å². The molecular weight excluding hydrogens is 354 g/mol. The second kappa shape index (κ2) is 7.57. The Labute approximate surface area is 153 Å². The van der Waals surface area contributed by atoms with Gasteiger partial charge in [-0.2, -0.15) is 4.31 Å². The number of rotatable bonds is 3. The van der Waals surface area contributed by atoms with Gasteiger partial charge in [-0.05, 0) is 50.1 Å². The molecule has 2 aromatic rings. The monoisotopic (exact) mass is 375 g/mol. The average molecular weight is 375 g/mol. The summed E-state index contributed by atoms with van der Waals surface area (Å²) < 4.78 is 24.6. The van der Waals surface area contributed by atoms with Crippen LogP contribution >= 0.6 is 0 Å². The molecule has 0 saturated carbocycles. The summed E-state index contributed by atoms with van der Waals surface area (Å²) in [6.07, 6.45) is 0.898. The number of sulfonamides is 1. The van der Waals surface area contributed by atoms with Gasteiger partial charge in [0.15, 0.2) is 0 Å². The van der Waals surface area contributed by atoms with Gasteiger partial charge >= 0.3 is 12.1 Å². The summed E-state index contributed by atoms with van der Waals surface area (Å²) >= 11 is 0. The van der Waals surface area contributed by atoms with Crippen LogP contribution in [-0.2, 0) is 10.0 Å². The predicted molar refractivity (Wildman–Crippen MR) is 102 cm³/mol. The highest BCUT2D eigenvalue weighted by Gasteiger charge is 2.27. The molecule has 0 spiro atoms. The number of hydrogen-bond donors (Lipinski definition) is 2. The number of urea groups is 2. The first-order chi connectivity index (χ1) is 12.1. The molecule has 0 atom stereocenters. The molecule has 0 aromatic heterocycles. The first-order valence-electron chi connectivity index (χ1n) is 7.85. The number of hydrogen-bond acceptors (Lipinski definition) is 4. The highest BCUT2D eigenvalue weighted by molar-refractivity contribution is 7.92. The minimum absolute atomic E-state index is 0.148. The van der Waals surface area contributed by atoms with Crippen LogP contribution in [-0.4, -0.2) is 26.7 Å². The van der Waals surface area contributed by atoms with Crippen molar-refractivity contribution in [3.8, 4) is 0 Å². The zero-order valence-electron chi connectivity index (χ0n) is 15.0. The zero-order valence-corrected chi connectivity index (χ0v) is 15.8. The Morgan fingerprint density at radius 3 is 2.15 bits per heavy atom. The Morgan fingerprint density at radius 2 is 1.58 bits per heavy atom. The lowest BCUT2D eigenvalue weighted by Crippen LogP contribution is -2.47. The number of nitrogens with zero attached hydrogens (tertiary/aromatic N) is 1. The first kappa shape index (κ1) is 19.5. The van der Waals surface area contributed by atoms with Crippen molar-refractivity contribution in [2.24, 2.45) is 0 Å². The molecule has 2 aromatic carbocycles. The second-order valence-electron chi connectivity index (χ2n) is 5.99. The fraction of sp³-hybridized carbons (Fsp3) is 0.222. The molecule has 0 heterocycles. The van der Waals surface area contributed by atoms with Crippen molar-refractivity contribution >= 4 is 33.5 Å². The van der Waals surface area contributed by atoms with Crippen LogP contribution in [0.1, 0.15) is 16.7 Å². The van der Waals surface area contributed by atoms with E-state index >= 15 is 0 Å². The molecule has 0 aliphatic heterocycles. The molecule has 2 rings (SSSR count). The summed E-state index contributed by atoms with van der Waals surface area (Å²) in [7, 11) is -3.92. The van der Waals surface area contributed by atoms with Crippen LogP contribution in [0.25, 0.3) is 0 Å². The average Bonchev–Trinajstić information content (AvgIpc) is 2.52. The van der Waals surface area contributed by atoms with Crippen LogP contribution in [0.5, 0.6) is 0 Å². The highest BCUT2D eigenvalue weighted by Crippen LogP contribution is 2.19. The maximum Gasteiger partial charge on any atom is 0.343 e. The molecule has 8 heteroatoms. The van der Waals surface area contributed by atoms with Gasteiger partial charge in [-0.1, -0.05) is 29.8 Å². The third-order valence-corrected chi connectivity index (χ3v) is 4.90. The van der Waals surface area contributed by atoms with E-state index in [0.29, 0.717) is 9.99 Å². The fourth-order valence-electron chi connectivity index (χ4n) is 2.33. The van der Waals surface area contributed by atoms with Gasteiger partial charge in [0.1, 0.15) is 0 Å². The maximum atomic E-state index is 12.4. The van der Waals surface area contributed by atoms with E-state index in [0.717, 1.165) is 22.9 Å². The summed E-state index contributed by atoms with van der Waals surface area (Å²) in [4.78, 5) is 24.5. The maximum absolute atomic E-state index is 12.4. The van der Waals surface area contributed by atoms with Crippen molar-refractivity contribution in [1.29, 1.82) is 0 Å². The van der Waals surface area contributed by atoms with E-state index in [2.05, 4.69) is 10.6 Å². The van der Waals surface area contributed by atoms with Gasteiger partial charge in [0.05, 0.1) is 11.9 Å². The minimum atomic E-state index is -3.92. The van der Waals surface area contributed by atoms with Gasteiger partial charge in [-0.3, -0.25) is 5.32 Å². The molecule has 0 bridgehead atoms. The lowest BCUT2D eigenvalue weighted by atomic mass is 10.1. The molecule has 4 amide bonds. The van der Waals surface area contributed by atoms with Crippen LogP contribution in [0.15, 0.2) is 42.5 Å². The number of benzene rings is 2. The SMILES string of the molecule is Cc1ccc(N(C(=O)NC(=O)Nc2cccc(C)c2C)S(C)(=O)=O)cc1. The molecule has 2 N–H and O–H groups in total. The quantitative estimate of drug-likeness (QED) is 0.860. The van der Waals surface area contributed by atoms with Crippen molar-refractivity contribution in [2.75, 3.05) is 15.9 Å². The van der Waals surface area contributed by atoms with Crippen molar-refractivity contribution < 1.29 is 18.0 Å². The minimum Gasteiger partial charge on any atom is -0.307 e. The van der Waals surface area contributed by atoms with Crippen LogP contribution in [0.3, 0.4) is 0 Å². The Balaban J connectivity index is 2.20. The van der Waals surface area contributed by atoms with E-state index in [-0.39, 0.29) is 5.69 Å².